The van der Waals surface area contributed by atoms with Gasteiger partial charge in [-0.1, -0.05) is 72.8 Å². The minimum atomic E-state index is -2.12. The van der Waals surface area contributed by atoms with Crippen molar-refractivity contribution in [1.82, 2.24) is 0 Å². The van der Waals surface area contributed by atoms with Crippen molar-refractivity contribution in [2.45, 2.75) is 19.4 Å². The van der Waals surface area contributed by atoms with E-state index in [1.165, 1.54) is 23.2 Å². The molecule has 0 aliphatic heterocycles. The molecular formula is C21H24OSi-. The fourth-order valence-electron chi connectivity index (χ4n) is 4.21. The smallest absolute Gasteiger partial charge is 0.0426 e. The molecule has 0 heterocycles. The molecule has 1 fully saturated rings. The van der Waals surface area contributed by atoms with E-state index in [0.29, 0.717) is 5.92 Å². The lowest BCUT2D eigenvalue weighted by Gasteiger charge is -2.43. The lowest BCUT2D eigenvalue weighted by Crippen LogP contribution is -2.58. The summed E-state index contributed by atoms with van der Waals surface area (Å²) in [7, 11) is -2.12. The van der Waals surface area contributed by atoms with Gasteiger partial charge in [0.1, 0.15) is 0 Å². The van der Waals surface area contributed by atoms with Crippen molar-refractivity contribution in [2.75, 3.05) is 6.61 Å². The van der Waals surface area contributed by atoms with Gasteiger partial charge in [0.05, 0.1) is 0 Å². The summed E-state index contributed by atoms with van der Waals surface area (Å²) in [6, 6.07) is 21.6. The van der Waals surface area contributed by atoms with E-state index in [1.807, 2.05) is 0 Å². The third-order valence-corrected chi connectivity index (χ3v) is 9.27. The van der Waals surface area contributed by atoms with Crippen molar-refractivity contribution in [2.24, 2.45) is 17.8 Å². The van der Waals surface area contributed by atoms with Gasteiger partial charge in [-0.3, -0.25) is 0 Å². The molecule has 2 heteroatoms. The van der Waals surface area contributed by atoms with Crippen LogP contribution in [0.3, 0.4) is 0 Å². The van der Waals surface area contributed by atoms with E-state index in [0.717, 1.165) is 18.4 Å². The fourth-order valence-corrected chi connectivity index (χ4v) is 7.08. The molecular weight excluding hydrogens is 296 g/mol. The summed E-state index contributed by atoms with van der Waals surface area (Å²) >= 11 is 0. The van der Waals surface area contributed by atoms with Crippen molar-refractivity contribution in [1.29, 1.82) is 0 Å². The number of hydrogen-bond acceptors (Lipinski definition) is 1. The Bertz CT molecular complexity index is 640. The van der Waals surface area contributed by atoms with Gasteiger partial charge in [0, 0.05) is 14.9 Å². The van der Waals surface area contributed by atoms with Crippen LogP contribution in [-0.2, 0) is 4.43 Å². The molecule has 0 radical (unpaired) electrons. The van der Waals surface area contributed by atoms with Crippen LogP contribution in [-0.4, -0.2) is 14.9 Å². The summed E-state index contributed by atoms with van der Waals surface area (Å²) in [5, 5.41) is 2.73. The largest absolute Gasteiger partial charge is 0.558 e. The molecule has 2 bridgehead atoms. The first-order chi connectivity index (χ1) is 11.3. The molecule has 23 heavy (non-hydrogen) atoms. The maximum absolute atomic E-state index is 6.74. The number of fused-ring (bicyclic) bond motifs is 2. The topological polar surface area (TPSA) is 9.23 Å². The quantitative estimate of drug-likeness (QED) is 0.604. The van der Waals surface area contributed by atoms with Crippen LogP contribution in [0, 0.1) is 17.8 Å². The van der Waals surface area contributed by atoms with Crippen molar-refractivity contribution in [3.8, 4) is 0 Å². The highest BCUT2D eigenvalue weighted by Crippen LogP contribution is 2.43. The van der Waals surface area contributed by atoms with Gasteiger partial charge in [0.15, 0.2) is 0 Å². The molecule has 2 aromatic carbocycles. The molecule has 3 unspecified atom stereocenters. The molecule has 0 amide bonds. The van der Waals surface area contributed by atoms with Crippen molar-refractivity contribution in [3.63, 3.8) is 0 Å². The normalized spacial score (nSPS) is 25.9. The number of allylic oxidation sites excluding steroid dienone is 2. The summed E-state index contributed by atoms with van der Waals surface area (Å²) in [5.41, 5.74) is 0. The molecule has 0 spiro atoms. The number of rotatable bonds is 5. The van der Waals surface area contributed by atoms with Crippen molar-refractivity contribution in [3.05, 3.63) is 72.8 Å². The Hall–Kier alpha value is -1.64. The molecule has 0 aromatic heterocycles. The number of hydrogen-bond donors (Lipinski definition) is 0. The first-order valence-electron chi connectivity index (χ1n) is 8.69. The van der Waals surface area contributed by atoms with E-state index in [-0.39, 0.29) is 0 Å². The molecule has 2 aliphatic rings. The summed E-state index contributed by atoms with van der Waals surface area (Å²) in [6.07, 6.45) is 7.50. The maximum Gasteiger partial charge on any atom is 0.0426 e. The van der Waals surface area contributed by atoms with E-state index >= 15 is 0 Å². The molecule has 1 saturated carbocycles. The van der Waals surface area contributed by atoms with Crippen molar-refractivity contribution >= 4 is 18.7 Å². The lowest BCUT2D eigenvalue weighted by atomic mass is 9.95. The van der Waals surface area contributed by atoms with Crippen LogP contribution in [0.1, 0.15) is 12.8 Å². The zero-order valence-electron chi connectivity index (χ0n) is 13.7. The lowest BCUT2D eigenvalue weighted by molar-refractivity contribution is 0.227. The molecule has 2 aliphatic carbocycles. The Kier molecular flexibility index (Phi) is 3.96. The second kappa shape index (κ2) is 6.10. The SMILES string of the molecule is C[Si-](OCC1CC2C=CC1C2)(c1ccccc1)c1ccccc1. The molecule has 0 N–H and O–H groups in total. The van der Waals surface area contributed by atoms with E-state index in [4.69, 9.17) is 4.43 Å². The predicted octanol–water partition coefficient (Wildman–Crippen LogP) is 3.60. The monoisotopic (exact) mass is 320 g/mol. The van der Waals surface area contributed by atoms with Crippen LogP contribution in [0.25, 0.3) is 0 Å². The molecule has 119 valence electrons. The third kappa shape index (κ3) is 2.82. The van der Waals surface area contributed by atoms with Crippen LogP contribution in [0.2, 0.25) is 6.55 Å². The highest BCUT2D eigenvalue weighted by molar-refractivity contribution is 6.96. The summed E-state index contributed by atoms with van der Waals surface area (Å²) in [6.45, 7) is 3.25. The van der Waals surface area contributed by atoms with Gasteiger partial charge >= 0.3 is 0 Å². The van der Waals surface area contributed by atoms with Gasteiger partial charge in [0.2, 0.25) is 0 Å². The van der Waals surface area contributed by atoms with Gasteiger partial charge in [-0.25, -0.2) is 0 Å². The summed E-state index contributed by atoms with van der Waals surface area (Å²) in [5.74, 6) is 2.28. The molecule has 3 atom stereocenters. The average Bonchev–Trinajstić information content (AvgIpc) is 3.24. The van der Waals surface area contributed by atoms with Gasteiger partial charge in [-0.15, -0.1) is 6.55 Å². The predicted molar refractivity (Wildman–Crippen MR) is 98.6 cm³/mol. The highest BCUT2D eigenvalue weighted by atomic mass is 28.4. The van der Waals surface area contributed by atoms with E-state index in [2.05, 4.69) is 79.4 Å². The van der Waals surface area contributed by atoms with Gasteiger partial charge < -0.3 is 4.43 Å². The molecule has 4 rings (SSSR count). The highest BCUT2D eigenvalue weighted by Gasteiger charge is 2.36. The van der Waals surface area contributed by atoms with Gasteiger partial charge in [-0.2, -0.15) is 10.4 Å². The van der Waals surface area contributed by atoms with Crippen LogP contribution in [0.15, 0.2) is 72.8 Å². The summed E-state index contributed by atoms with van der Waals surface area (Å²) < 4.78 is 6.74. The second-order valence-corrected chi connectivity index (χ2v) is 10.6. The molecule has 1 nitrogen and oxygen atoms in total. The Morgan fingerprint density at radius 2 is 1.48 bits per heavy atom. The van der Waals surface area contributed by atoms with Crippen molar-refractivity contribution < 1.29 is 4.43 Å². The first-order valence-corrected chi connectivity index (χ1v) is 11.1. The maximum atomic E-state index is 6.74. The Labute approximate surface area is 140 Å². The Balaban J connectivity index is 1.59. The van der Waals surface area contributed by atoms with Crippen LogP contribution >= 0.6 is 0 Å². The van der Waals surface area contributed by atoms with E-state index < -0.39 is 8.32 Å². The van der Waals surface area contributed by atoms with Gasteiger partial charge in [0.25, 0.3) is 0 Å². The minimum absolute atomic E-state index is 0.712. The zero-order chi connectivity index (χ0) is 15.7. The fraction of sp³-hybridized carbons (Fsp3) is 0.333. The Morgan fingerprint density at radius 3 is 1.96 bits per heavy atom. The molecule has 2 aromatic rings. The average molecular weight is 321 g/mol. The first kappa shape index (κ1) is 14.9. The Morgan fingerprint density at radius 1 is 0.870 bits per heavy atom. The zero-order valence-corrected chi connectivity index (χ0v) is 14.7. The van der Waals surface area contributed by atoms with E-state index in [9.17, 15) is 0 Å². The van der Waals surface area contributed by atoms with Crippen LogP contribution in [0.4, 0.5) is 0 Å². The third-order valence-electron chi connectivity index (χ3n) is 5.65. The number of benzene rings is 2. The van der Waals surface area contributed by atoms with Crippen LogP contribution in [0.5, 0.6) is 0 Å². The van der Waals surface area contributed by atoms with Gasteiger partial charge in [-0.05, 0) is 30.6 Å². The van der Waals surface area contributed by atoms with E-state index in [1.54, 1.807) is 0 Å². The minimum Gasteiger partial charge on any atom is -0.558 e. The second-order valence-electron chi connectivity index (χ2n) is 7.12. The standard InChI is InChI=1S/C21H24OSi/c1-23(20-8-4-2-5-9-20,21-10-6-3-7-11-21)22-16-19-15-17-12-13-18(19)14-17/h2-13,17-19H,14-16H2,1H3/q-1. The summed E-state index contributed by atoms with van der Waals surface area (Å²) in [4.78, 5) is 0. The van der Waals surface area contributed by atoms with Crippen LogP contribution < -0.4 is 10.4 Å². The molecule has 0 saturated heterocycles.